The van der Waals surface area contributed by atoms with Crippen LogP contribution < -0.4 is 14.4 Å². The number of fused-ring (bicyclic) bond motifs is 1. The average molecular weight is 287 g/mol. The normalized spacial score (nSPS) is 18.0. The highest BCUT2D eigenvalue weighted by molar-refractivity contribution is 5.94. The van der Waals surface area contributed by atoms with Gasteiger partial charge in [-0.1, -0.05) is 0 Å². The van der Waals surface area contributed by atoms with Crippen LogP contribution in [0.2, 0.25) is 0 Å². The summed E-state index contributed by atoms with van der Waals surface area (Å²) in [6.45, 7) is 0.407. The minimum absolute atomic E-state index is 0.0975. The van der Waals surface area contributed by atoms with Crippen LogP contribution >= 0.6 is 0 Å². The van der Waals surface area contributed by atoms with Gasteiger partial charge in [0.05, 0.1) is 20.4 Å². The van der Waals surface area contributed by atoms with E-state index < -0.39 is 0 Å². The van der Waals surface area contributed by atoms with E-state index in [1.807, 2.05) is 0 Å². The van der Waals surface area contributed by atoms with Crippen molar-refractivity contribution in [2.75, 3.05) is 25.7 Å². The van der Waals surface area contributed by atoms with Gasteiger partial charge < -0.3 is 9.47 Å². The molecule has 0 radical (unpaired) electrons. The van der Waals surface area contributed by atoms with Gasteiger partial charge in [-0.15, -0.1) is 17.4 Å². The van der Waals surface area contributed by atoms with Crippen LogP contribution in [0.1, 0.15) is 6.42 Å². The highest BCUT2D eigenvalue weighted by atomic mass is 16.5. The molecule has 1 aliphatic heterocycles. The molecule has 2 aromatic rings. The summed E-state index contributed by atoms with van der Waals surface area (Å²) in [5.41, 5.74) is 0.427. The summed E-state index contributed by atoms with van der Waals surface area (Å²) >= 11 is 0. The van der Waals surface area contributed by atoms with E-state index in [0.29, 0.717) is 24.4 Å². The summed E-state index contributed by atoms with van der Waals surface area (Å²) in [7, 11) is 2.98. The number of amides is 1. The number of rotatable bonds is 3. The second-order valence-corrected chi connectivity index (χ2v) is 4.53. The van der Waals surface area contributed by atoms with Gasteiger partial charge in [0.15, 0.2) is 5.75 Å². The second-order valence-electron chi connectivity index (χ2n) is 4.53. The largest absolute Gasteiger partial charge is 0.491 e. The molecular formula is C13H13N5O3. The van der Waals surface area contributed by atoms with Crippen molar-refractivity contribution in [3.63, 3.8) is 0 Å². The summed E-state index contributed by atoms with van der Waals surface area (Å²) in [5.74, 6) is 3.08. The lowest BCUT2D eigenvalue weighted by atomic mass is 10.1. The minimum Gasteiger partial charge on any atom is -0.491 e. The van der Waals surface area contributed by atoms with Crippen molar-refractivity contribution in [1.29, 1.82) is 0 Å². The molecule has 1 saturated heterocycles. The maximum absolute atomic E-state index is 12.0. The predicted octanol–water partition coefficient (Wildman–Crippen LogP) is 0.128. The molecule has 2 aromatic heterocycles. The number of aromatic nitrogens is 4. The van der Waals surface area contributed by atoms with Gasteiger partial charge >= 0.3 is 6.01 Å². The Morgan fingerprint density at radius 3 is 2.86 bits per heavy atom. The van der Waals surface area contributed by atoms with Crippen molar-refractivity contribution in [1.82, 2.24) is 19.6 Å². The van der Waals surface area contributed by atoms with Crippen LogP contribution in [0.15, 0.2) is 6.20 Å². The van der Waals surface area contributed by atoms with E-state index >= 15 is 0 Å². The molecule has 21 heavy (non-hydrogen) atoms. The molecule has 0 saturated carbocycles. The summed E-state index contributed by atoms with van der Waals surface area (Å²) < 4.78 is 11.7. The van der Waals surface area contributed by atoms with Crippen LogP contribution in [0.4, 0.5) is 5.95 Å². The van der Waals surface area contributed by atoms with Gasteiger partial charge in [0, 0.05) is 18.9 Å². The maximum Gasteiger partial charge on any atom is 0.319 e. The van der Waals surface area contributed by atoms with Crippen molar-refractivity contribution in [2.45, 2.75) is 6.42 Å². The Labute approximate surface area is 120 Å². The number of methoxy groups -OCH3 is 2. The molecule has 0 aliphatic carbocycles. The quantitative estimate of drug-likeness (QED) is 0.746. The standard InChI is InChI=1S/C13H13N5O3/c1-4-8-5-10(19)17(7-8)12-15-11-9(20-2)6-14-13(21-3)18(11)16-12/h1,6,8H,5,7H2,2-3H3. The first-order valence-corrected chi connectivity index (χ1v) is 6.28. The lowest BCUT2D eigenvalue weighted by molar-refractivity contribution is -0.117. The first-order valence-electron chi connectivity index (χ1n) is 6.28. The fourth-order valence-corrected chi connectivity index (χ4v) is 2.23. The molecule has 0 aromatic carbocycles. The molecule has 8 nitrogen and oxygen atoms in total. The van der Waals surface area contributed by atoms with Crippen LogP contribution in [0, 0.1) is 18.3 Å². The van der Waals surface area contributed by atoms with E-state index in [2.05, 4.69) is 21.0 Å². The van der Waals surface area contributed by atoms with Gasteiger partial charge in [0.25, 0.3) is 5.95 Å². The van der Waals surface area contributed by atoms with Crippen LogP contribution in [0.5, 0.6) is 11.8 Å². The van der Waals surface area contributed by atoms with Crippen LogP contribution in [-0.2, 0) is 4.79 Å². The topological polar surface area (TPSA) is 81.9 Å². The predicted molar refractivity (Wildman–Crippen MR) is 73.2 cm³/mol. The molecule has 1 atom stereocenters. The summed E-state index contributed by atoms with van der Waals surface area (Å²) in [6, 6.07) is 0.254. The zero-order valence-electron chi connectivity index (χ0n) is 11.6. The molecule has 3 heterocycles. The summed E-state index contributed by atoms with van der Waals surface area (Å²) in [4.78, 5) is 21.9. The van der Waals surface area contributed by atoms with Crippen molar-refractivity contribution in [2.24, 2.45) is 5.92 Å². The first-order chi connectivity index (χ1) is 10.2. The van der Waals surface area contributed by atoms with E-state index in [1.54, 1.807) is 0 Å². The van der Waals surface area contributed by atoms with E-state index in [9.17, 15) is 4.79 Å². The van der Waals surface area contributed by atoms with Gasteiger partial charge in [0.2, 0.25) is 11.6 Å². The van der Waals surface area contributed by atoms with Crippen molar-refractivity contribution in [3.05, 3.63) is 6.20 Å². The molecular weight excluding hydrogens is 274 g/mol. The van der Waals surface area contributed by atoms with Crippen molar-refractivity contribution < 1.29 is 14.3 Å². The Hall–Kier alpha value is -2.82. The summed E-state index contributed by atoms with van der Waals surface area (Å²) in [5, 5.41) is 4.27. The maximum atomic E-state index is 12.0. The zero-order valence-corrected chi connectivity index (χ0v) is 11.6. The van der Waals surface area contributed by atoms with E-state index in [-0.39, 0.29) is 23.8 Å². The van der Waals surface area contributed by atoms with Gasteiger partial charge in [-0.2, -0.15) is 14.5 Å². The van der Waals surface area contributed by atoms with Crippen LogP contribution in [0.3, 0.4) is 0 Å². The van der Waals surface area contributed by atoms with Crippen molar-refractivity contribution in [3.8, 4) is 24.1 Å². The fourth-order valence-electron chi connectivity index (χ4n) is 2.23. The highest BCUT2D eigenvalue weighted by Gasteiger charge is 2.32. The fraction of sp³-hybridized carbons (Fsp3) is 0.385. The van der Waals surface area contributed by atoms with E-state index in [0.717, 1.165) is 0 Å². The van der Waals surface area contributed by atoms with E-state index in [1.165, 1.54) is 29.8 Å². The minimum atomic E-state index is -0.119. The number of nitrogens with zero attached hydrogens (tertiary/aromatic N) is 5. The smallest absolute Gasteiger partial charge is 0.319 e. The molecule has 0 spiro atoms. The Morgan fingerprint density at radius 1 is 1.43 bits per heavy atom. The summed E-state index contributed by atoms with van der Waals surface area (Å²) in [6.07, 6.45) is 7.17. The number of carbonyl (C=O) groups excluding carboxylic acids is 1. The lowest BCUT2D eigenvalue weighted by Crippen LogP contribution is -2.25. The molecule has 1 amide bonds. The molecule has 8 heteroatoms. The van der Waals surface area contributed by atoms with Gasteiger partial charge in [-0.25, -0.2) is 0 Å². The van der Waals surface area contributed by atoms with Gasteiger partial charge in [-0.3, -0.25) is 9.69 Å². The molecule has 1 aliphatic rings. The van der Waals surface area contributed by atoms with Gasteiger partial charge in [0.1, 0.15) is 0 Å². The molecule has 1 unspecified atom stereocenters. The highest BCUT2D eigenvalue weighted by Crippen LogP contribution is 2.26. The monoisotopic (exact) mass is 287 g/mol. The Kier molecular flexibility index (Phi) is 3.10. The SMILES string of the molecule is C#CC1CC(=O)N(c2nc3c(OC)cnc(OC)n3n2)C1. The number of ether oxygens (including phenoxy) is 2. The number of hydrogen-bond acceptors (Lipinski definition) is 6. The number of terminal acetylenes is 1. The first kappa shape index (κ1) is 13.2. The third-order valence-electron chi connectivity index (χ3n) is 3.29. The van der Waals surface area contributed by atoms with Crippen LogP contribution in [-0.4, -0.2) is 46.3 Å². The van der Waals surface area contributed by atoms with Crippen molar-refractivity contribution >= 4 is 17.5 Å². The van der Waals surface area contributed by atoms with E-state index in [4.69, 9.17) is 15.9 Å². The molecule has 0 N–H and O–H groups in total. The average Bonchev–Trinajstić information content (AvgIpc) is 3.09. The van der Waals surface area contributed by atoms with Gasteiger partial charge in [-0.05, 0) is 0 Å². The zero-order chi connectivity index (χ0) is 15.0. The molecule has 0 bridgehead atoms. The third kappa shape index (κ3) is 2.03. The molecule has 1 fully saturated rings. The third-order valence-corrected chi connectivity index (χ3v) is 3.29. The molecule has 3 rings (SSSR count). The number of hydrogen-bond donors (Lipinski definition) is 0. The molecule has 108 valence electrons. The lowest BCUT2D eigenvalue weighted by Gasteiger charge is -2.09. The van der Waals surface area contributed by atoms with Crippen LogP contribution in [0.25, 0.3) is 5.65 Å². The number of anilines is 1. The number of carbonyl (C=O) groups is 1. The Bertz CT molecular complexity index is 707. The Balaban J connectivity index is 2.09. The second kappa shape index (κ2) is 4.94. The Morgan fingerprint density at radius 2 is 2.24 bits per heavy atom.